The number of aromatic nitrogens is 4. The molecule has 2 amide bonds. The lowest BCUT2D eigenvalue weighted by Crippen LogP contribution is -2.35. The molecule has 4 N–H and O–H groups in total. The molecule has 0 radical (unpaired) electrons. The molecule has 222 valence electrons. The highest BCUT2D eigenvalue weighted by molar-refractivity contribution is 7.15. The second-order valence-electron chi connectivity index (χ2n) is 9.30. The normalized spacial score (nSPS) is 15.6. The lowest BCUT2D eigenvalue weighted by Gasteiger charge is -2.32. The predicted molar refractivity (Wildman–Crippen MR) is 151 cm³/mol. The molecule has 1 aromatic carbocycles. The molecule has 1 atom stereocenters. The Hall–Kier alpha value is -4.60. The van der Waals surface area contributed by atoms with Gasteiger partial charge in [0, 0.05) is 38.5 Å². The first kappa shape index (κ1) is 30.4. The molecule has 1 fully saturated rings. The molecule has 1 unspecified atom stereocenters. The van der Waals surface area contributed by atoms with Crippen LogP contribution in [-0.2, 0) is 16.0 Å². The van der Waals surface area contributed by atoms with E-state index in [0.29, 0.717) is 28.6 Å². The fourth-order valence-corrected chi connectivity index (χ4v) is 5.19. The van der Waals surface area contributed by atoms with Gasteiger partial charge in [0.1, 0.15) is 10.8 Å². The molecule has 1 saturated heterocycles. The average Bonchev–Trinajstić information content (AvgIpc) is 3.41. The van der Waals surface area contributed by atoms with Gasteiger partial charge in [-0.1, -0.05) is 23.5 Å². The summed E-state index contributed by atoms with van der Waals surface area (Å²) in [6.45, 7) is 1.36. The monoisotopic (exact) mass is 603 g/mol. The van der Waals surface area contributed by atoms with Crippen molar-refractivity contribution in [3.05, 3.63) is 58.7 Å². The van der Waals surface area contributed by atoms with Crippen LogP contribution in [0.4, 0.5) is 29.9 Å². The number of hydrogen-bond acceptors (Lipinski definition) is 11. The first-order chi connectivity index (χ1) is 20.1. The fourth-order valence-electron chi connectivity index (χ4n) is 4.30. The summed E-state index contributed by atoms with van der Waals surface area (Å²) in [6, 6.07) is 8.55. The third-order valence-corrected chi connectivity index (χ3v) is 7.08. The topological polar surface area (TPSA) is 158 Å². The molecule has 1 aliphatic heterocycles. The Morgan fingerprint density at radius 2 is 1.98 bits per heavy atom. The SMILES string of the molecule is CN/C=C(\C=N)CC(=O)Nc1nnc(C2CCCN(c3ccc(NC(=O)Cc4cccc(OC(F)(F)F)c4)nn3)C2)s1. The van der Waals surface area contributed by atoms with Gasteiger partial charge in [-0.2, -0.15) is 0 Å². The maximum absolute atomic E-state index is 12.5. The third kappa shape index (κ3) is 8.95. The number of benzene rings is 1. The smallest absolute Gasteiger partial charge is 0.406 e. The van der Waals surface area contributed by atoms with Crippen LogP contribution >= 0.6 is 11.3 Å². The minimum atomic E-state index is -4.82. The van der Waals surface area contributed by atoms with Gasteiger partial charge < -0.3 is 31.0 Å². The maximum atomic E-state index is 12.5. The molecule has 3 aromatic rings. The minimum Gasteiger partial charge on any atom is -0.406 e. The summed E-state index contributed by atoms with van der Waals surface area (Å²) >= 11 is 1.31. The molecular weight excluding hydrogens is 575 g/mol. The lowest BCUT2D eigenvalue weighted by molar-refractivity contribution is -0.274. The van der Waals surface area contributed by atoms with Gasteiger partial charge in [0.25, 0.3) is 0 Å². The molecular formula is C26H28F3N9O3S. The van der Waals surface area contributed by atoms with Crippen LogP contribution in [-0.4, -0.2) is 64.9 Å². The quantitative estimate of drug-likeness (QED) is 0.239. The lowest BCUT2D eigenvalue weighted by atomic mass is 9.99. The number of amides is 2. The summed E-state index contributed by atoms with van der Waals surface area (Å²) in [5.74, 6) is -0.267. The number of carbonyl (C=O) groups is 2. The van der Waals surface area contributed by atoms with E-state index in [1.165, 1.54) is 23.5 Å². The van der Waals surface area contributed by atoms with Crippen molar-refractivity contribution in [3.8, 4) is 5.75 Å². The number of alkyl halides is 3. The van der Waals surface area contributed by atoms with E-state index in [2.05, 4.69) is 46.0 Å². The van der Waals surface area contributed by atoms with Crippen LogP contribution in [0.3, 0.4) is 0 Å². The standard InChI is InChI=1S/C26H28F3N9O3S/c1-31-14-17(13-30)12-23(40)33-25-37-36-24(42-25)18-5-3-9-38(15-18)21-8-7-20(34-35-21)32-22(39)11-16-4-2-6-19(10-16)41-26(27,28)29/h2,4,6-8,10,13-14,18,30-31H,3,5,9,11-12,15H2,1H3,(H,32,34,39)(H,33,37,40)/b17-14-,30-13?. The number of ether oxygens (including phenoxy) is 1. The molecule has 0 bridgehead atoms. The van der Waals surface area contributed by atoms with E-state index in [0.717, 1.165) is 42.7 Å². The van der Waals surface area contributed by atoms with Gasteiger partial charge in [-0.3, -0.25) is 9.59 Å². The van der Waals surface area contributed by atoms with Crippen molar-refractivity contribution in [2.24, 2.45) is 0 Å². The van der Waals surface area contributed by atoms with E-state index in [-0.39, 0.29) is 30.5 Å². The zero-order chi connectivity index (χ0) is 30.1. The van der Waals surface area contributed by atoms with Crippen molar-refractivity contribution < 1.29 is 27.5 Å². The summed E-state index contributed by atoms with van der Waals surface area (Å²) in [7, 11) is 1.69. The van der Waals surface area contributed by atoms with Crippen molar-refractivity contribution in [2.45, 2.75) is 38.0 Å². The minimum absolute atomic E-state index is 0.0374. The van der Waals surface area contributed by atoms with Gasteiger partial charge in [0.05, 0.1) is 12.8 Å². The summed E-state index contributed by atoms with van der Waals surface area (Å²) in [5, 5.41) is 33.4. The molecule has 2 aromatic heterocycles. The van der Waals surface area contributed by atoms with Gasteiger partial charge in [0.15, 0.2) is 11.6 Å². The molecule has 3 heterocycles. The number of nitrogens with one attached hydrogen (secondary N) is 4. The van der Waals surface area contributed by atoms with Gasteiger partial charge in [-0.15, -0.1) is 33.6 Å². The van der Waals surface area contributed by atoms with Crippen molar-refractivity contribution in [2.75, 3.05) is 35.7 Å². The Bertz CT molecular complexity index is 1430. The van der Waals surface area contributed by atoms with Crippen molar-refractivity contribution in [3.63, 3.8) is 0 Å². The van der Waals surface area contributed by atoms with Crippen LogP contribution in [0.1, 0.15) is 35.8 Å². The number of rotatable bonds is 11. The van der Waals surface area contributed by atoms with Crippen molar-refractivity contribution in [1.29, 1.82) is 5.41 Å². The fraction of sp³-hybridized carbons (Fsp3) is 0.346. The van der Waals surface area contributed by atoms with Crippen LogP contribution in [0.25, 0.3) is 0 Å². The Labute approximate surface area is 242 Å². The van der Waals surface area contributed by atoms with Crippen LogP contribution in [0.5, 0.6) is 5.75 Å². The maximum Gasteiger partial charge on any atom is 0.573 e. The first-order valence-electron chi connectivity index (χ1n) is 12.8. The number of halogens is 3. The molecule has 0 saturated carbocycles. The zero-order valence-electron chi connectivity index (χ0n) is 22.4. The Balaban J connectivity index is 1.30. The highest BCUT2D eigenvalue weighted by Crippen LogP contribution is 2.32. The van der Waals surface area contributed by atoms with E-state index in [9.17, 15) is 22.8 Å². The van der Waals surface area contributed by atoms with Gasteiger partial charge >= 0.3 is 6.36 Å². The molecule has 16 heteroatoms. The number of hydrogen-bond donors (Lipinski definition) is 4. The Kier molecular flexibility index (Phi) is 10.0. The van der Waals surface area contributed by atoms with Gasteiger partial charge in [0.2, 0.25) is 16.9 Å². The molecule has 12 nitrogen and oxygen atoms in total. The van der Waals surface area contributed by atoms with Crippen molar-refractivity contribution in [1.82, 2.24) is 25.7 Å². The van der Waals surface area contributed by atoms with E-state index in [1.54, 1.807) is 25.4 Å². The predicted octanol–water partition coefficient (Wildman–Crippen LogP) is 3.87. The van der Waals surface area contributed by atoms with Crippen LogP contribution in [0.2, 0.25) is 0 Å². The van der Waals surface area contributed by atoms with E-state index >= 15 is 0 Å². The van der Waals surface area contributed by atoms with Gasteiger partial charge in [-0.25, -0.2) is 0 Å². The molecule has 1 aliphatic rings. The Morgan fingerprint density at radius 3 is 2.69 bits per heavy atom. The summed E-state index contributed by atoms with van der Waals surface area (Å²) in [5.41, 5.74) is 0.874. The van der Waals surface area contributed by atoms with Crippen LogP contribution in [0, 0.1) is 5.41 Å². The largest absolute Gasteiger partial charge is 0.573 e. The highest BCUT2D eigenvalue weighted by atomic mass is 32.1. The second-order valence-corrected chi connectivity index (χ2v) is 10.3. The summed E-state index contributed by atoms with van der Waals surface area (Å²) < 4.78 is 41.3. The summed E-state index contributed by atoms with van der Waals surface area (Å²) in [6.07, 6.45) is -0.497. The van der Waals surface area contributed by atoms with Crippen molar-refractivity contribution >= 4 is 46.1 Å². The Morgan fingerprint density at radius 1 is 1.14 bits per heavy atom. The second kappa shape index (κ2) is 13.8. The molecule has 42 heavy (non-hydrogen) atoms. The van der Waals surface area contributed by atoms with Gasteiger partial charge in [-0.05, 0) is 48.2 Å². The summed E-state index contributed by atoms with van der Waals surface area (Å²) in [4.78, 5) is 26.8. The molecule has 0 spiro atoms. The first-order valence-corrected chi connectivity index (χ1v) is 13.7. The molecule has 4 rings (SSSR count). The van der Waals surface area contributed by atoms with Crippen LogP contribution in [0.15, 0.2) is 48.2 Å². The zero-order valence-corrected chi connectivity index (χ0v) is 23.3. The number of piperidine rings is 1. The average molecular weight is 604 g/mol. The van der Waals surface area contributed by atoms with Crippen LogP contribution < -0.4 is 25.6 Å². The number of carbonyl (C=O) groups excluding carboxylic acids is 2. The number of nitrogens with zero attached hydrogens (tertiary/aromatic N) is 5. The van der Waals surface area contributed by atoms with E-state index in [1.807, 2.05) is 0 Å². The van der Waals surface area contributed by atoms with E-state index in [4.69, 9.17) is 5.41 Å². The number of anilines is 3. The highest BCUT2D eigenvalue weighted by Gasteiger charge is 2.31. The van der Waals surface area contributed by atoms with E-state index < -0.39 is 18.0 Å². The third-order valence-electron chi connectivity index (χ3n) is 6.08. The molecule has 0 aliphatic carbocycles.